The van der Waals surface area contributed by atoms with E-state index in [-0.39, 0.29) is 77.7 Å². The van der Waals surface area contributed by atoms with Crippen molar-refractivity contribution in [3.05, 3.63) is 331 Å². The van der Waals surface area contributed by atoms with Gasteiger partial charge in [0.25, 0.3) is 35.4 Å². The fraction of sp³-hybridized carbons (Fsp3) is 0.237. The molecule has 34 heteroatoms. The van der Waals surface area contributed by atoms with Crippen molar-refractivity contribution in [2.75, 3.05) is 42.3 Å². The average Bonchev–Trinajstić information content (AvgIpc) is 1.56. The fourth-order valence-corrected chi connectivity index (χ4v) is 21.0. The van der Waals surface area contributed by atoms with E-state index < -0.39 is 57.5 Å². The highest BCUT2D eigenvalue weighted by Gasteiger charge is 2.67. The maximum atomic E-state index is 12.4. The van der Waals surface area contributed by atoms with Crippen LogP contribution in [0.5, 0.6) is 5.75 Å². The van der Waals surface area contributed by atoms with E-state index >= 15 is 0 Å². The maximum Gasteiger partial charge on any atom is 0.285 e. The standard InChI is InChI=1S/C23H20N4O4.2C23H20N4O2.2C22H19N5O2.CH4/c1-26-17-12-16(17)23(30,22(26)29)8-6-13-4-3-5-14(10-13)19-18-11-15(31-2)7-9-27(18)21(25-19)20(24)28;1-14-23(29,17-13-19(17)26(14)2)10-9-15-6-5-7-16(12-15)22-25-20(21(24)28)18-8-3-4-11-27(18)22;1-14-23(29,17-13-19(17)26(14)2)10-9-15-6-5-7-16(12-15)20-18-8-3-4-11-27(18)22(25-20)21(24)28;2*1-13-22(29,17-12-18(17)26(13)2)9-8-14-5-3-6-15(11-14)27-21-16(7-4-10-24-21)19(25-27)20(23)28;/h3-5,7,9-11,16-17,30H,12H2,1-2H3,(H2,24,28);2*3-8,11-12,17,19,29H,1,13H2,2H3,(H2,24,28);2*3-7,10-11,17-18,29H,1,12H2,2H3,(H2,23,28);1H4/t16-,17+,23-;2*17-,19+,23+;17-,18+,22+;17-,18+,22-;/m00001./s1. The van der Waals surface area contributed by atoms with Crippen molar-refractivity contribution in [1.82, 2.24) is 82.2 Å². The Morgan fingerprint density at radius 1 is 0.372 bits per heavy atom. The largest absolute Gasteiger partial charge is 0.497 e. The minimum Gasteiger partial charge on any atom is -0.497 e. The second kappa shape index (κ2) is 36.6. The summed E-state index contributed by atoms with van der Waals surface area (Å²) >= 11 is 0. The number of methoxy groups -OCH3 is 1. The number of hydrogen-bond acceptors (Lipinski definition) is 23. The van der Waals surface area contributed by atoms with Gasteiger partial charge in [0.05, 0.1) is 80.0 Å². The van der Waals surface area contributed by atoms with E-state index in [1.807, 2.05) is 198 Å². The van der Waals surface area contributed by atoms with Crippen molar-refractivity contribution < 1.29 is 59.0 Å². The number of benzene rings is 5. The summed E-state index contributed by atoms with van der Waals surface area (Å²) < 4.78 is 13.6. The SMILES string of the molecule is C.C=C1N(C)[C@@H]2C[C@@H]2[C@@]1(O)C#Cc1cccc(-c2nc(C(N)=O)c3ccccn23)c1.C=C1N(C)[C@@H]2C[C@@H]2[C@@]1(O)C#Cc1cccc(-c2nc(C(N)=O)n3ccccc23)c1.C=C1N(C)[C@@H]2C[C@@H]2[C@@]1(O)C#Cc1cccc(-n2nc(C(N)=O)c3cccnc32)c1.C=C1N(C)[C@H]2C[C@H]2[C@@]1(O)C#Cc1cccc(-n2nc(C(N)=O)c3cccnc32)c1.COc1ccn2c(C(N)=O)nc(-c3cccc(C#C[C@@]4(O)C(=O)N(C)[C@@H]5C[C@@H]54)c3)c2c1. The molecule has 5 aliphatic heterocycles. The number of likely N-dealkylation sites (N-methyl/N-ethyl adjacent to an activating group) is 5. The van der Waals surface area contributed by atoms with Crippen molar-refractivity contribution in [3.8, 4) is 110 Å². The number of pyridine rings is 5. The number of likely N-dealkylation sites (tertiary alicyclic amines) is 5. The Morgan fingerprint density at radius 3 is 1.10 bits per heavy atom. The second-order valence-electron chi connectivity index (χ2n) is 38.3. The summed E-state index contributed by atoms with van der Waals surface area (Å²) in [5.41, 5.74) is 36.0. The van der Waals surface area contributed by atoms with Crippen LogP contribution in [-0.4, -0.2) is 244 Å². The van der Waals surface area contributed by atoms with E-state index in [2.05, 4.69) is 121 Å². The molecule has 15 aromatic rings. The Labute approximate surface area is 849 Å². The Hall–Kier alpha value is -18.2. The molecule has 0 spiro atoms. The maximum absolute atomic E-state index is 12.4. The number of amides is 6. The van der Waals surface area contributed by atoms with E-state index in [0.717, 1.165) is 76.6 Å². The molecule has 0 bridgehead atoms. The fourth-order valence-electron chi connectivity index (χ4n) is 21.0. The topological polar surface area (TPSA) is 472 Å². The van der Waals surface area contributed by atoms with Gasteiger partial charge in [0.1, 0.15) is 11.6 Å². The Morgan fingerprint density at radius 2 is 0.723 bits per heavy atom. The van der Waals surface area contributed by atoms with Crippen LogP contribution in [0.25, 0.3) is 83.9 Å². The molecule has 5 aromatic carbocycles. The number of carbonyl (C=O) groups is 6. The number of primary amides is 5. The molecule has 0 unspecified atom stereocenters. The highest BCUT2D eigenvalue weighted by Crippen LogP contribution is 2.58. The van der Waals surface area contributed by atoms with Gasteiger partial charge in [-0.2, -0.15) is 10.2 Å². The molecule has 10 aromatic heterocycles. The number of nitrogens with zero attached hydrogens (tertiary/aromatic N) is 17. The summed E-state index contributed by atoms with van der Waals surface area (Å²) in [6.45, 7) is 16.0. The Bertz CT molecular complexity index is 7820. The predicted octanol–water partition coefficient (Wildman–Crippen LogP) is 8.65. The monoisotopic (exact) mass is 1970 g/mol. The number of imidazole rings is 3. The molecule has 148 heavy (non-hydrogen) atoms. The van der Waals surface area contributed by atoms with Crippen LogP contribution < -0.4 is 33.4 Å². The summed E-state index contributed by atoms with van der Waals surface area (Å²) in [6.07, 6.45) is 13.1. The lowest BCUT2D eigenvalue weighted by atomic mass is 9.96. The summed E-state index contributed by atoms with van der Waals surface area (Å²) in [7, 11) is 11.0. The van der Waals surface area contributed by atoms with Crippen LogP contribution in [0.3, 0.4) is 0 Å². The number of hydrogen-bond donors (Lipinski definition) is 10. The van der Waals surface area contributed by atoms with E-state index in [1.165, 1.54) is 0 Å². The predicted molar refractivity (Wildman–Crippen MR) is 554 cm³/mol. The van der Waals surface area contributed by atoms with Gasteiger partial charge in [-0.1, -0.05) is 154 Å². The van der Waals surface area contributed by atoms with E-state index in [9.17, 15) is 54.3 Å². The third-order valence-electron chi connectivity index (χ3n) is 29.6. The summed E-state index contributed by atoms with van der Waals surface area (Å²) in [4.78, 5) is 103. The molecular weight excluding hydrogens is 1870 g/mol. The Kier molecular flexibility index (Phi) is 24.0. The van der Waals surface area contributed by atoms with Gasteiger partial charge in [0, 0.05) is 177 Å². The van der Waals surface area contributed by atoms with Crippen LogP contribution in [0.1, 0.15) is 120 Å². The first kappa shape index (κ1) is 97.2. The molecule has 6 amide bonds. The molecule has 5 saturated heterocycles. The number of nitrogens with two attached hydrogens (primary N) is 5. The minimum atomic E-state index is -1.64. The van der Waals surface area contributed by atoms with Gasteiger partial charge < -0.3 is 83.4 Å². The van der Waals surface area contributed by atoms with Gasteiger partial charge in [-0.25, -0.2) is 34.3 Å². The van der Waals surface area contributed by atoms with Gasteiger partial charge in [-0.15, -0.1) is 0 Å². The van der Waals surface area contributed by atoms with Gasteiger partial charge >= 0.3 is 0 Å². The zero-order valence-electron chi connectivity index (χ0n) is 80.6. The van der Waals surface area contributed by atoms with Crippen LogP contribution in [0.15, 0.2) is 274 Å². The molecule has 25 rings (SSSR count). The molecule has 5 aliphatic carbocycles. The lowest BCUT2D eigenvalue weighted by Crippen LogP contribution is -2.41. The summed E-state index contributed by atoms with van der Waals surface area (Å²) in [5, 5.41) is 64.7. The number of piperidine rings is 5. The van der Waals surface area contributed by atoms with Crippen LogP contribution in [-0.2, 0) is 4.79 Å². The molecule has 34 nitrogen and oxygen atoms in total. The molecule has 10 aliphatic rings. The zero-order chi connectivity index (χ0) is 103. The Balaban J connectivity index is 0.000000112. The zero-order valence-corrected chi connectivity index (χ0v) is 80.6. The molecular formula is C114H102N22O12. The van der Waals surface area contributed by atoms with Crippen LogP contribution in [0.2, 0.25) is 0 Å². The number of fused-ring (bicyclic) bond motifs is 10. The highest BCUT2D eigenvalue weighted by molar-refractivity contribution is 6.05. The summed E-state index contributed by atoms with van der Waals surface area (Å²) in [6, 6.07) is 60.3. The van der Waals surface area contributed by atoms with Gasteiger partial charge in [-0.05, 0) is 159 Å². The van der Waals surface area contributed by atoms with Crippen LogP contribution >= 0.6 is 0 Å². The molecule has 15 N–H and O–H groups in total. The number of aliphatic hydroxyl groups is 5. The van der Waals surface area contributed by atoms with Crippen LogP contribution in [0.4, 0.5) is 0 Å². The minimum absolute atomic E-state index is 0. The third-order valence-corrected chi connectivity index (χ3v) is 29.6. The first-order valence-corrected chi connectivity index (χ1v) is 47.4. The number of aromatic nitrogens is 12. The van der Waals surface area contributed by atoms with Crippen molar-refractivity contribution >= 4 is 74.1 Å². The first-order valence-electron chi connectivity index (χ1n) is 47.4. The van der Waals surface area contributed by atoms with E-state index in [0.29, 0.717) is 120 Å². The quantitative estimate of drug-likeness (QED) is 0.0541. The van der Waals surface area contributed by atoms with Gasteiger partial charge in [-0.3, -0.25) is 42.0 Å². The van der Waals surface area contributed by atoms with Crippen LogP contribution in [0, 0.1) is 88.8 Å². The van der Waals surface area contributed by atoms with E-state index in [4.69, 9.17) is 33.4 Å². The van der Waals surface area contributed by atoms with E-state index in [1.54, 1.807) is 117 Å². The molecule has 15 heterocycles. The van der Waals surface area contributed by atoms with Gasteiger partial charge in [0.15, 0.2) is 50.8 Å². The second-order valence-corrected chi connectivity index (χ2v) is 38.3. The van der Waals surface area contributed by atoms with Crippen molar-refractivity contribution in [1.29, 1.82) is 0 Å². The first-order chi connectivity index (χ1) is 70.4. The van der Waals surface area contributed by atoms with Crippen molar-refractivity contribution in [3.63, 3.8) is 0 Å². The lowest BCUT2D eigenvalue weighted by molar-refractivity contribution is -0.140. The van der Waals surface area contributed by atoms with Crippen molar-refractivity contribution in [2.45, 2.75) is 97.7 Å². The molecule has 740 valence electrons. The molecule has 0 radical (unpaired) electrons. The lowest BCUT2D eigenvalue weighted by Gasteiger charge is -2.24. The molecule has 10 fully saturated rings. The normalized spacial score (nSPS) is 24.5. The number of ether oxygens (including phenoxy) is 1. The molecule has 5 saturated carbocycles. The average molecular weight is 1970 g/mol. The number of rotatable bonds is 11. The highest BCUT2D eigenvalue weighted by atomic mass is 16.5. The summed E-state index contributed by atoms with van der Waals surface area (Å²) in [5.74, 6) is 28.8. The van der Waals surface area contributed by atoms with Crippen molar-refractivity contribution in [2.24, 2.45) is 58.3 Å². The third kappa shape index (κ3) is 16.7. The number of carbonyl (C=O) groups excluding carboxylic acids is 6. The smallest absolute Gasteiger partial charge is 0.285 e. The molecule has 15 atom stereocenters. The van der Waals surface area contributed by atoms with Gasteiger partial charge in [0.2, 0.25) is 17.2 Å².